The van der Waals surface area contributed by atoms with Crippen molar-refractivity contribution in [2.75, 3.05) is 11.9 Å². The highest BCUT2D eigenvalue weighted by Gasteiger charge is 2.32. The Labute approximate surface area is 94.5 Å². The normalized spacial score (nSPS) is 27.8. The molecule has 1 aromatic rings. The Morgan fingerprint density at radius 2 is 2.31 bits per heavy atom. The SMILES string of the molecule is CC1CC1CNc1cc(=O)[nH]c(C2CC2)n1. The van der Waals surface area contributed by atoms with Crippen LogP contribution in [0.5, 0.6) is 0 Å². The average Bonchev–Trinajstić information content (AvgIpc) is 3.10. The van der Waals surface area contributed by atoms with E-state index in [1.54, 1.807) is 6.07 Å². The third-order valence-corrected chi connectivity index (χ3v) is 3.55. The highest BCUT2D eigenvalue weighted by Crippen LogP contribution is 2.38. The highest BCUT2D eigenvalue weighted by atomic mass is 16.1. The Balaban J connectivity index is 1.70. The van der Waals surface area contributed by atoms with Gasteiger partial charge in [0.2, 0.25) is 0 Å². The van der Waals surface area contributed by atoms with Crippen LogP contribution >= 0.6 is 0 Å². The minimum Gasteiger partial charge on any atom is -0.370 e. The average molecular weight is 219 g/mol. The van der Waals surface area contributed by atoms with Crippen molar-refractivity contribution in [3.8, 4) is 0 Å². The molecule has 2 N–H and O–H groups in total. The third-order valence-electron chi connectivity index (χ3n) is 3.55. The Morgan fingerprint density at radius 1 is 1.56 bits per heavy atom. The van der Waals surface area contributed by atoms with Crippen LogP contribution < -0.4 is 10.9 Å². The zero-order valence-electron chi connectivity index (χ0n) is 9.49. The van der Waals surface area contributed by atoms with Crippen LogP contribution in [0.2, 0.25) is 0 Å². The van der Waals surface area contributed by atoms with Gasteiger partial charge >= 0.3 is 0 Å². The molecule has 2 fully saturated rings. The van der Waals surface area contributed by atoms with Crippen LogP contribution in [-0.4, -0.2) is 16.5 Å². The summed E-state index contributed by atoms with van der Waals surface area (Å²) < 4.78 is 0. The van der Waals surface area contributed by atoms with Gasteiger partial charge in [-0.25, -0.2) is 4.98 Å². The number of aromatic nitrogens is 2. The zero-order valence-corrected chi connectivity index (χ0v) is 9.49. The molecule has 1 heterocycles. The largest absolute Gasteiger partial charge is 0.370 e. The first-order valence-electron chi connectivity index (χ1n) is 6.07. The maximum Gasteiger partial charge on any atom is 0.252 e. The van der Waals surface area contributed by atoms with E-state index >= 15 is 0 Å². The lowest BCUT2D eigenvalue weighted by atomic mass is 10.3. The maximum absolute atomic E-state index is 11.4. The second-order valence-electron chi connectivity index (χ2n) is 5.14. The molecule has 0 spiro atoms. The van der Waals surface area contributed by atoms with Gasteiger partial charge in [0.05, 0.1) is 0 Å². The molecule has 3 rings (SSSR count). The highest BCUT2D eigenvalue weighted by molar-refractivity contribution is 5.34. The topological polar surface area (TPSA) is 57.8 Å². The molecule has 0 saturated heterocycles. The number of aromatic amines is 1. The fourth-order valence-electron chi connectivity index (χ4n) is 2.04. The predicted octanol–water partition coefficient (Wildman–Crippen LogP) is 1.72. The van der Waals surface area contributed by atoms with E-state index < -0.39 is 0 Å². The van der Waals surface area contributed by atoms with Gasteiger partial charge in [-0.1, -0.05) is 6.92 Å². The van der Waals surface area contributed by atoms with Gasteiger partial charge in [0.25, 0.3) is 5.56 Å². The molecule has 2 unspecified atom stereocenters. The smallest absolute Gasteiger partial charge is 0.252 e. The molecular weight excluding hydrogens is 202 g/mol. The van der Waals surface area contributed by atoms with Gasteiger partial charge in [-0.2, -0.15) is 0 Å². The molecule has 4 heteroatoms. The van der Waals surface area contributed by atoms with Gasteiger partial charge < -0.3 is 10.3 Å². The summed E-state index contributed by atoms with van der Waals surface area (Å²) in [6.45, 7) is 3.20. The molecule has 2 saturated carbocycles. The van der Waals surface area contributed by atoms with E-state index in [9.17, 15) is 4.79 Å². The van der Waals surface area contributed by atoms with Gasteiger partial charge in [0.1, 0.15) is 11.6 Å². The van der Waals surface area contributed by atoms with Crippen molar-refractivity contribution in [1.29, 1.82) is 0 Å². The van der Waals surface area contributed by atoms with Gasteiger partial charge in [-0.3, -0.25) is 4.79 Å². The summed E-state index contributed by atoms with van der Waals surface area (Å²) in [5.41, 5.74) is -0.0387. The first-order valence-corrected chi connectivity index (χ1v) is 6.07. The molecular formula is C12H17N3O. The van der Waals surface area contributed by atoms with E-state index in [4.69, 9.17) is 0 Å². The number of hydrogen-bond acceptors (Lipinski definition) is 3. The Hall–Kier alpha value is -1.32. The summed E-state index contributed by atoms with van der Waals surface area (Å²) in [6.07, 6.45) is 3.61. The van der Waals surface area contributed by atoms with Gasteiger partial charge in [0, 0.05) is 18.5 Å². The van der Waals surface area contributed by atoms with Gasteiger partial charge in [-0.05, 0) is 31.1 Å². The minimum atomic E-state index is -0.0387. The van der Waals surface area contributed by atoms with Crippen LogP contribution in [0.1, 0.15) is 37.9 Å². The van der Waals surface area contributed by atoms with Crippen LogP contribution in [0, 0.1) is 11.8 Å². The molecule has 86 valence electrons. The van der Waals surface area contributed by atoms with Crippen LogP contribution in [0.25, 0.3) is 0 Å². The Bertz CT molecular complexity index is 450. The maximum atomic E-state index is 11.4. The molecule has 0 bridgehead atoms. The molecule has 16 heavy (non-hydrogen) atoms. The first kappa shape index (κ1) is 9.87. The Morgan fingerprint density at radius 3 is 2.94 bits per heavy atom. The quantitative estimate of drug-likeness (QED) is 0.810. The van der Waals surface area contributed by atoms with E-state index in [-0.39, 0.29) is 5.56 Å². The van der Waals surface area contributed by atoms with Crippen LogP contribution in [0.15, 0.2) is 10.9 Å². The van der Waals surface area contributed by atoms with Gasteiger partial charge in [0.15, 0.2) is 0 Å². The summed E-state index contributed by atoms with van der Waals surface area (Å²) >= 11 is 0. The number of anilines is 1. The molecule has 1 aromatic heterocycles. The summed E-state index contributed by atoms with van der Waals surface area (Å²) in [4.78, 5) is 18.7. The van der Waals surface area contributed by atoms with Crippen LogP contribution in [-0.2, 0) is 0 Å². The second-order valence-corrected chi connectivity index (χ2v) is 5.14. The predicted molar refractivity (Wildman–Crippen MR) is 62.6 cm³/mol. The van der Waals surface area contributed by atoms with Crippen molar-refractivity contribution in [3.63, 3.8) is 0 Å². The molecule has 2 aliphatic carbocycles. The summed E-state index contributed by atoms with van der Waals surface area (Å²) in [6, 6.07) is 1.55. The molecule has 0 aliphatic heterocycles. The fourth-order valence-corrected chi connectivity index (χ4v) is 2.04. The van der Waals surface area contributed by atoms with Crippen LogP contribution in [0.4, 0.5) is 5.82 Å². The third kappa shape index (κ3) is 2.10. The molecule has 0 aromatic carbocycles. The number of nitrogens with zero attached hydrogens (tertiary/aromatic N) is 1. The van der Waals surface area contributed by atoms with Crippen molar-refractivity contribution >= 4 is 5.82 Å². The summed E-state index contributed by atoms with van der Waals surface area (Å²) in [5, 5.41) is 3.27. The molecule has 0 amide bonds. The van der Waals surface area contributed by atoms with Crippen molar-refractivity contribution in [2.45, 2.75) is 32.1 Å². The zero-order chi connectivity index (χ0) is 11.1. The second kappa shape index (κ2) is 3.61. The molecule has 2 atom stereocenters. The summed E-state index contributed by atoms with van der Waals surface area (Å²) in [7, 11) is 0. The summed E-state index contributed by atoms with van der Waals surface area (Å²) in [5.74, 6) is 3.70. The lowest BCUT2D eigenvalue weighted by Crippen LogP contribution is -2.14. The number of H-pyrrole nitrogens is 1. The van der Waals surface area contributed by atoms with Crippen molar-refractivity contribution in [1.82, 2.24) is 9.97 Å². The van der Waals surface area contributed by atoms with E-state index in [1.807, 2.05) is 0 Å². The van der Waals surface area contributed by atoms with Gasteiger partial charge in [-0.15, -0.1) is 0 Å². The van der Waals surface area contributed by atoms with Crippen molar-refractivity contribution in [3.05, 3.63) is 22.2 Å². The number of nitrogens with one attached hydrogen (secondary N) is 2. The van der Waals surface area contributed by atoms with Crippen molar-refractivity contribution in [2.24, 2.45) is 11.8 Å². The minimum absolute atomic E-state index is 0.0387. The lowest BCUT2D eigenvalue weighted by molar-refractivity contribution is 0.781. The number of rotatable bonds is 4. The fraction of sp³-hybridized carbons (Fsp3) is 0.667. The van der Waals surface area contributed by atoms with E-state index in [0.717, 1.165) is 42.9 Å². The molecule has 2 aliphatic rings. The number of hydrogen-bond donors (Lipinski definition) is 2. The molecule has 0 radical (unpaired) electrons. The standard InChI is InChI=1S/C12H17N3O/c1-7-4-9(7)6-13-10-5-11(16)15-12(14-10)8-2-3-8/h5,7-9H,2-4,6H2,1H3,(H2,13,14,15,16). The van der Waals surface area contributed by atoms with Crippen molar-refractivity contribution < 1.29 is 0 Å². The Kier molecular flexibility index (Phi) is 2.23. The first-order chi connectivity index (χ1) is 7.72. The van der Waals surface area contributed by atoms with E-state index in [1.165, 1.54) is 6.42 Å². The van der Waals surface area contributed by atoms with E-state index in [2.05, 4.69) is 22.2 Å². The van der Waals surface area contributed by atoms with Crippen LogP contribution in [0.3, 0.4) is 0 Å². The molecule has 4 nitrogen and oxygen atoms in total. The lowest BCUT2D eigenvalue weighted by Gasteiger charge is -2.05. The monoisotopic (exact) mass is 219 g/mol. The van der Waals surface area contributed by atoms with E-state index in [0.29, 0.717) is 5.92 Å².